The highest BCUT2D eigenvalue weighted by Gasteiger charge is 2.17. The van der Waals surface area contributed by atoms with Gasteiger partial charge in [-0.05, 0) is 18.6 Å². The second kappa shape index (κ2) is 4.59. The first kappa shape index (κ1) is 10.4. The van der Waals surface area contributed by atoms with Crippen LogP contribution < -0.4 is 5.32 Å². The number of rotatable bonds is 3. The SMILES string of the molecule is OC[C@H]1C=C[C@@H](Nc2ccc(Cl)nn2)C1. The normalized spacial score (nSPS) is 24.4. The number of anilines is 1. The molecule has 0 radical (unpaired) electrons. The summed E-state index contributed by atoms with van der Waals surface area (Å²) in [7, 11) is 0. The van der Waals surface area contributed by atoms with E-state index in [1.807, 2.05) is 12.2 Å². The highest BCUT2D eigenvalue weighted by molar-refractivity contribution is 6.29. The lowest BCUT2D eigenvalue weighted by Gasteiger charge is -2.12. The van der Waals surface area contributed by atoms with Crippen LogP contribution in [0.25, 0.3) is 0 Å². The van der Waals surface area contributed by atoms with Gasteiger partial charge in [0.05, 0.1) is 0 Å². The zero-order valence-corrected chi connectivity index (χ0v) is 8.85. The Morgan fingerprint density at radius 2 is 2.27 bits per heavy atom. The molecule has 0 fully saturated rings. The minimum absolute atomic E-state index is 0.195. The van der Waals surface area contributed by atoms with Gasteiger partial charge >= 0.3 is 0 Å². The molecule has 0 unspecified atom stereocenters. The van der Waals surface area contributed by atoms with Gasteiger partial charge in [0.2, 0.25) is 0 Å². The van der Waals surface area contributed by atoms with Crippen molar-refractivity contribution in [2.24, 2.45) is 5.92 Å². The predicted molar refractivity (Wildman–Crippen MR) is 58.8 cm³/mol. The van der Waals surface area contributed by atoms with Crippen LogP contribution >= 0.6 is 11.6 Å². The second-order valence-electron chi connectivity index (χ2n) is 3.56. The van der Waals surface area contributed by atoms with Gasteiger partial charge in [0.15, 0.2) is 5.15 Å². The summed E-state index contributed by atoms with van der Waals surface area (Å²) in [6.45, 7) is 0.195. The van der Waals surface area contributed by atoms with E-state index in [1.54, 1.807) is 12.1 Å². The minimum atomic E-state index is 0.195. The fourth-order valence-corrected chi connectivity index (χ4v) is 1.70. The van der Waals surface area contributed by atoms with Gasteiger partial charge in [-0.15, -0.1) is 10.2 Å². The molecule has 0 amide bonds. The summed E-state index contributed by atoms with van der Waals surface area (Å²) < 4.78 is 0. The first-order chi connectivity index (χ1) is 7.28. The Hall–Kier alpha value is -1.13. The molecule has 0 spiro atoms. The molecule has 2 N–H and O–H groups in total. The molecule has 80 valence electrons. The monoisotopic (exact) mass is 225 g/mol. The van der Waals surface area contributed by atoms with Gasteiger partial charge in [0, 0.05) is 18.6 Å². The van der Waals surface area contributed by atoms with E-state index in [0.29, 0.717) is 11.0 Å². The lowest BCUT2D eigenvalue weighted by atomic mass is 10.1. The van der Waals surface area contributed by atoms with Crippen LogP contribution in [-0.4, -0.2) is 28.0 Å². The summed E-state index contributed by atoms with van der Waals surface area (Å²) in [4.78, 5) is 0. The van der Waals surface area contributed by atoms with Crippen molar-refractivity contribution in [3.05, 3.63) is 29.4 Å². The summed E-state index contributed by atoms with van der Waals surface area (Å²) >= 11 is 5.63. The lowest BCUT2D eigenvalue weighted by molar-refractivity contribution is 0.250. The van der Waals surface area contributed by atoms with Crippen LogP contribution in [-0.2, 0) is 0 Å². The van der Waals surface area contributed by atoms with E-state index in [1.165, 1.54) is 0 Å². The van der Waals surface area contributed by atoms with Crippen LogP contribution in [0.1, 0.15) is 6.42 Å². The summed E-state index contributed by atoms with van der Waals surface area (Å²) in [5, 5.41) is 20.2. The Labute approximate surface area is 93.0 Å². The van der Waals surface area contributed by atoms with Crippen LogP contribution in [0.3, 0.4) is 0 Å². The van der Waals surface area contributed by atoms with Gasteiger partial charge in [-0.3, -0.25) is 0 Å². The number of nitrogens with one attached hydrogen (secondary N) is 1. The van der Waals surface area contributed by atoms with E-state index < -0.39 is 0 Å². The van der Waals surface area contributed by atoms with E-state index in [4.69, 9.17) is 16.7 Å². The number of aliphatic hydroxyl groups excluding tert-OH is 1. The smallest absolute Gasteiger partial charge is 0.151 e. The van der Waals surface area contributed by atoms with Crippen molar-refractivity contribution in [2.75, 3.05) is 11.9 Å². The Balaban J connectivity index is 1.93. The van der Waals surface area contributed by atoms with Gasteiger partial charge in [0.25, 0.3) is 0 Å². The molecule has 5 heteroatoms. The first-order valence-electron chi connectivity index (χ1n) is 4.83. The summed E-state index contributed by atoms with van der Waals surface area (Å²) in [6.07, 6.45) is 4.94. The van der Waals surface area contributed by atoms with Crippen LogP contribution in [0.5, 0.6) is 0 Å². The number of halogens is 1. The largest absolute Gasteiger partial charge is 0.396 e. The topological polar surface area (TPSA) is 58.0 Å². The third-order valence-electron chi connectivity index (χ3n) is 2.37. The molecule has 2 atom stereocenters. The van der Waals surface area contributed by atoms with Gasteiger partial charge in [-0.2, -0.15) is 0 Å². The van der Waals surface area contributed by atoms with Crippen LogP contribution in [0.2, 0.25) is 5.15 Å². The van der Waals surface area contributed by atoms with E-state index >= 15 is 0 Å². The number of nitrogens with zero attached hydrogens (tertiary/aromatic N) is 2. The van der Waals surface area contributed by atoms with Gasteiger partial charge < -0.3 is 10.4 Å². The zero-order valence-electron chi connectivity index (χ0n) is 8.10. The van der Waals surface area contributed by atoms with Crippen molar-refractivity contribution in [1.29, 1.82) is 0 Å². The molecule has 0 bridgehead atoms. The van der Waals surface area contributed by atoms with E-state index in [0.717, 1.165) is 6.42 Å². The average Bonchev–Trinajstić information content (AvgIpc) is 2.69. The third-order valence-corrected chi connectivity index (χ3v) is 2.57. The van der Waals surface area contributed by atoms with Crippen molar-refractivity contribution in [3.8, 4) is 0 Å². The molecule has 0 saturated carbocycles. The molecule has 1 aromatic heterocycles. The van der Waals surface area contributed by atoms with Crippen LogP contribution in [0.15, 0.2) is 24.3 Å². The molecule has 1 aliphatic carbocycles. The predicted octanol–water partition coefficient (Wildman–Crippen LogP) is 1.48. The maximum Gasteiger partial charge on any atom is 0.151 e. The van der Waals surface area contributed by atoms with E-state index in [9.17, 15) is 0 Å². The molecule has 1 aliphatic rings. The Morgan fingerprint density at radius 3 is 2.87 bits per heavy atom. The minimum Gasteiger partial charge on any atom is -0.396 e. The maximum atomic E-state index is 8.96. The number of aromatic nitrogens is 2. The average molecular weight is 226 g/mol. The fourth-order valence-electron chi connectivity index (χ4n) is 1.60. The molecule has 0 saturated heterocycles. The summed E-state index contributed by atoms with van der Waals surface area (Å²) in [6, 6.07) is 3.70. The van der Waals surface area contributed by atoms with Crippen LogP contribution in [0, 0.1) is 5.92 Å². The van der Waals surface area contributed by atoms with E-state index in [-0.39, 0.29) is 18.6 Å². The molecule has 1 heterocycles. The third kappa shape index (κ3) is 2.67. The highest BCUT2D eigenvalue weighted by Crippen LogP contribution is 2.20. The molecule has 0 aromatic carbocycles. The van der Waals surface area contributed by atoms with Gasteiger partial charge in [0.1, 0.15) is 5.82 Å². The number of hydrogen-bond acceptors (Lipinski definition) is 4. The van der Waals surface area contributed by atoms with Gasteiger partial charge in [-0.25, -0.2) is 0 Å². The Bertz CT molecular complexity index is 352. The quantitative estimate of drug-likeness (QED) is 0.766. The molecule has 0 aliphatic heterocycles. The molecule has 4 nitrogen and oxygen atoms in total. The van der Waals surface area contributed by atoms with Crippen molar-refractivity contribution in [1.82, 2.24) is 10.2 Å². The van der Waals surface area contributed by atoms with Gasteiger partial charge in [-0.1, -0.05) is 23.8 Å². The summed E-state index contributed by atoms with van der Waals surface area (Å²) in [5.41, 5.74) is 0. The number of aliphatic hydroxyl groups is 1. The number of hydrogen-bond donors (Lipinski definition) is 2. The summed E-state index contributed by atoms with van der Waals surface area (Å²) in [5.74, 6) is 0.954. The standard InChI is InChI=1S/C10H12ClN3O/c11-9-3-4-10(14-13-9)12-8-2-1-7(5-8)6-15/h1-4,7-8,15H,5-6H2,(H,12,14)/t7-,8+/m0/s1. The van der Waals surface area contributed by atoms with E-state index in [2.05, 4.69) is 15.5 Å². The zero-order chi connectivity index (χ0) is 10.7. The molecule has 2 rings (SSSR count). The lowest BCUT2D eigenvalue weighted by Crippen LogP contribution is -2.17. The van der Waals surface area contributed by atoms with Crippen LogP contribution in [0.4, 0.5) is 5.82 Å². The molecule has 1 aromatic rings. The Morgan fingerprint density at radius 1 is 1.40 bits per heavy atom. The Kier molecular flexibility index (Phi) is 3.18. The van der Waals surface area contributed by atoms with Crippen molar-refractivity contribution in [2.45, 2.75) is 12.5 Å². The van der Waals surface area contributed by atoms with Crippen molar-refractivity contribution >= 4 is 17.4 Å². The van der Waals surface area contributed by atoms with Crippen molar-refractivity contribution in [3.63, 3.8) is 0 Å². The first-order valence-corrected chi connectivity index (χ1v) is 5.20. The molecular weight excluding hydrogens is 214 g/mol. The fraction of sp³-hybridized carbons (Fsp3) is 0.400. The maximum absolute atomic E-state index is 8.96. The van der Waals surface area contributed by atoms with Crippen molar-refractivity contribution < 1.29 is 5.11 Å². The molecule has 15 heavy (non-hydrogen) atoms. The second-order valence-corrected chi connectivity index (χ2v) is 3.94. The highest BCUT2D eigenvalue weighted by atomic mass is 35.5. The molecular formula is C10H12ClN3O.